The quantitative estimate of drug-likeness (QED) is 0.784. The van der Waals surface area contributed by atoms with Gasteiger partial charge in [-0.05, 0) is 49.1 Å². The first kappa shape index (κ1) is 14.5. The van der Waals surface area contributed by atoms with Crippen LogP contribution in [0.25, 0.3) is 0 Å². The Hall–Kier alpha value is -1.81. The average molecular weight is 325 g/mol. The molecule has 1 aromatic carbocycles. The summed E-state index contributed by atoms with van der Waals surface area (Å²) in [5.41, 5.74) is 2.22. The number of nitrogens with zero attached hydrogens (tertiary/aromatic N) is 1. The Morgan fingerprint density at radius 3 is 3.12 bits per heavy atom. The van der Waals surface area contributed by atoms with Gasteiger partial charge in [-0.3, -0.25) is 4.90 Å². The molecule has 1 spiro atoms. The Kier molecular flexibility index (Phi) is 3.08. The van der Waals surface area contributed by atoms with Crippen molar-refractivity contribution in [3.05, 3.63) is 41.5 Å². The maximum Gasteiger partial charge on any atom is 0.331 e. The molecule has 2 bridgehead atoms. The van der Waals surface area contributed by atoms with Crippen molar-refractivity contribution >= 4 is 5.97 Å². The molecule has 2 saturated heterocycles. The summed E-state index contributed by atoms with van der Waals surface area (Å²) >= 11 is 0. The number of fused-ring (bicyclic) bond motifs is 3. The Morgan fingerprint density at radius 1 is 1.33 bits per heavy atom. The number of benzene rings is 1. The van der Waals surface area contributed by atoms with Crippen molar-refractivity contribution in [1.82, 2.24) is 4.90 Å². The van der Waals surface area contributed by atoms with E-state index in [1.807, 2.05) is 6.07 Å². The fourth-order valence-electron chi connectivity index (χ4n) is 5.60. The van der Waals surface area contributed by atoms with Gasteiger partial charge in [-0.25, -0.2) is 4.79 Å². The van der Waals surface area contributed by atoms with Gasteiger partial charge in [0.15, 0.2) is 5.60 Å². The molecule has 0 radical (unpaired) electrons. The molecule has 4 heteroatoms. The summed E-state index contributed by atoms with van der Waals surface area (Å²) in [7, 11) is 1.72. The molecule has 4 atom stereocenters. The van der Waals surface area contributed by atoms with Gasteiger partial charge in [0.25, 0.3) is 0 Å². The third kappa shape index (κ3) is 1.86. The van der Waals surface area contributed by atoms with E-state index in [1.165, 1.54) is 24.0 Å². The van der Waals surface area contributed by atoms with Crippen molar-refractivity contribution in [1.29, 1.82) is 0 Å². The van der Waals surface area contributed by atoms with E-state index >= 15 is 0 Å². The van der Waals surface area contributed by atoms with Crippen LogP contribution in [-0.4, -0.2) is 42.2 Å². The van der Waals surface area contributed by atoms with Crippen LogP contribution in [-0.2, 0) is 9.53 Å². The molecule has 1 saturated carbocycles. The van der Waals surface area contributed by atoms with E-state index in [0.29, 0.717) is 18.0 Å². The Bertz CT molecular complexity index is 727. The van der Waals surface area contributed by atoms with E-state index < -0.39 is 0 Å². The van der Waals surface area contributed by atoms with Gasteiger partial charge in [0.05, 0.1) is 13.2 Å². The number of piperidine rings is 1. The zero-order chi connectivity index (χ0) is 16.3. The van der Waals surface area contributed by atoms with E-state index in [0.717, 1.165) is 31.6 Å². The second kappa shape index (κ2) is 5.09. The van der Waals surface area contributed by atoms with Crippen LogP contribution in [0.2, 0.25) is 0 Å². The van der Waals surface area contributed by atoms with Crippen molar-refractivity contribution in [3.63, 3.8) is 0 Å². The largest absolute Gasteiger partial charge is 0.497 e. The van der Waals surface area contributed by atoms with Crippen LogP contribution < -0.4 is 4.74 Å². The summed E-state index contributed by atoms with van der Waals surface area (Å²) in [6.45, 7) is 1.13. The lowest BCUT2D eigenvalue weighted by Crippen LogP contribution is -2.48. The van der Waals surface area contributed by atoms with E-state index in [4.69, 9.17) is 9.47 Å². The van der Waals surface area contributed by atoms with Crippen molar-refractivity contribution in [2.24, 2.45) is 0 Å². The van der Waals surface area contributed by atoms with E-state index in [9.17, 15) is 4.79 Å². The molecule has 3 aliphatic heterocycles. The van der Waals surface area contributed by atoms with Crippen molar-refractivity contribution in [2.45, 2.75) is 55.7 Å². The van der Waals surface area contributed by atoms with Crippen LogP contribution in [0, 0.1) is 0 Å². The van der Waals surface area contributed by atoms with Crippen molar-refractivity contribution in [3.8, 4) is 5.75 Å². The Balaban J connectivity index is 1.59. The molecule has 1 aromatic rings. The van der Waals surface area contributed by atoms with Crippen LogP contribution in [0.3, 0.4) is 0 Å². The normalized spacial score (nSPS) is 37.5. The van der Waals surface area contributed by atoms with Gasteiger partial charge in [0.2, 0.25) is 0 Å². The molecular weight excluding hydrogens is 302 g/mol. The summed E-state index contributed by atoms with van der Waals surface area (Å²) in [5, 5.41) is 0. The Morgan fingerprint density at radius 2 is 2.25 bits per heavy atom. The van der Waals surface area contributed by atoms with Gasteiger partial charge >= 0.3 is 5.97 Å². The molecule has 5 rings (SSSR count). The van der Waals surface area contributed by atoms with Gasteiger partial charge in [-0.2, -0.15) is 0 Å². The predicted molar refractivity (Wildman–Crippen MR) is 90.0 cm³/mol. The smallest absolute Gasteiger partial charge is 0.331 e. The highest BCUT2D eigenvalue weighted by atomic mass is 16.6. The molecule has 0 N–H and O–H groups in total. The van der Waals surface area contributed by atoms with Gasteiger partial charge < -0.3 is 9.47 Å². The van der Waals surface area contributed by atoms with Gasteiger partial charge in [0, 0.05) is 24.5 Å². The monoisotopic (exact) mass is 325 g/mol. The van der Waals surface area contributed by atoms with Crippen LogP contribution in [0.1, 0.15) is 43.6 Å². The minimum atomic E-state index is -0.322. The fraction of sp³-hybridized carbons (Fsp3) is 0.550. The van der Waals surface area contributed by atoms with Gasteiger partial charge in [-0.1, -0.05) is 18.6 Å². The average Bonchev–Trinajstić information content (AvgIpc) is 3.10. The lowest BCUT2D eigenvalue weighted by atomic mass is 9.71. The number of methoxy groups -OCH3 is 1. The molecule has 3 fully saturated rings. The number of rotatable bonds is 2. The summed E-state index contributed by atoms with van der Waals surface area (Å²) in [5.74, 6) is 1.18. The highest BCUT2D eigenvalue weighted by molar-refractivity contribution is 5.87. The fourth-order valence-corrected chi connectivity index (χ4v) is 5.60. The molecule has 0 amide bonds. The lowest BCUT2D eigenvalue weighted by molar-refractivity contribution is -0.148. The van der Waals surface area contributed by atoms with Crippen molar-refractivity contribution < 1.29 is 14.3 Å². The third-order valence-electron chi connectivity index (χ3n) is 6.57. The molecular formula is C20H23NO3. The number of hydrogen-bond donors (Lipinski definition) is 0. The number of carbonyl (C=O) groups is 1. The Labute approximate surface area is 142 Å². The number of esters is 1. The SMILES string of the molecule is COc1cccc([C@@H]2CC3=CC(=O)O[C@@]34C[C@@H]2N2CCCC[C@@H]24)c1. The first-order valence-electron chi connectivity index (χ1n) is 9.05. The number of carbonyl (C=O) groups excluding carboxylic acids is 1. The molecule has 0 aromatic heterocycles. The van der Waals surface area contributed by atoms with E-state index in [2.05, 4.69) is 23.1 Å². The standard InChI is InChI=1S/C20H23NO3/c1-23-15-6-4-5-13(9-15)16-10-14-11-19(22)24-20(14)12-17(16)21-8-3-2-7-18(20)21/h4-6,9,11,16-18H,2-3,7-8,10,12H2,1H3/t16-,17-,18+,20-/m0/s1. The maximum absolute atomic E-state index is 12.1. The second-order valence-electron chi connectivity index (χ2n) is 7.59. The minimum Gasteiger partial charge on any atom is -0.497 e. The highest BCUT2D eigenvalue weighted by Gasteiger charge is 2.63. The molecule has 4 nitrogen and oxygen atoms in total. The molecule has 126 valence electrons. The van der Waals surface area contributed by atoms with E-state index in [1.54, 1.807) is 13.2 Å². The lowest BCUT2D eigenvalue weighted by Gasteiger charge is -2.38. The van der Waals surface area contributed by atoms with E-state index in [-0.39, 0.29) is 11.6 Å². The van der Waals surface area contributed by atoms with Crippen LogP contribution >= 0.6 is 0 Å². The topological polar surface area (TPSA) is 38.8 Å². The zero-order valence-electron chi connectivity index (χ0n) is 14.0. The second-order valence-corrected chi connectivity index (χ2v) is 7.59. The third-order valence-corrected chi connectivity index (χ3v) is 6.57. The van der Waals surface area contributed by atoms with Gasteiger partial charge in [0.1, 0.15) is 5.75 Å². The predicted octanol–water partition coefficient (Wildman–Crippen LogP) is 3.03. The van der Waals surface area contributed by atoms with Crippen molar-refractivity contribution in [2.75, 3.05) is 13.7 Å². The maximum atomic E-state index is 12.1. The molecule has 3 heterocycles. The van der Waals surface area contributed by atoms with Crippen LogP contribution in [0.4, 0.5) is 0 Å². The molecule has 4 aliphatic rings. The summed E-state index contributed by atoms with van der Waals surface area (Å²) in [6.07, 6.45) is 7.30. The van der Waals surface area contributed by atoms with Gasteiger partial charge in [-0.15, -0.1) is 0 Å². The first-order valence-corrected chi connectivity index (χ1v) is 9.05. The molecule has 1 aliphatic carbocycles. The minimum absolute atomic E-state index is 0.137. The molecule has 0 unspecified atom stereocenters. The summed E-state index contributed by atoms with van der Waals surface area (Å²) in [4.78, 5) is 14.7. The van der Waals surface area contributed by atoms with Crippen LogP contribution in [0.15, 0.2) is 35.9 Å². The summed E-state index contributed by atoms with van der Waals surface area (Å²) < 4.78 is 11.4. The zero-order valence-corrected chi connectivity index (χ0v) is 14.0. The van der Waals surface area contributed by atoms with Crippen LogP contribution in [0.5, 0.6) is 5.75 Å². The highest BCUT2D eigenvalue weighted by Crippen LogP contribution is 2.57. The summed E-state index contributed by atoms with van der Waals surface area (Å²) in [6, 6.07) is 9.28. The molecule has 24 heavy (non-hydrogen) atoms. The first-order chi connectivity index (χ1) is 11.7. The number of ether oxygens (including phenoxy) is 2. The number of hydrogen-bond acceptors (Lipinski definition) is 4.